The molecule has 0 saturated carbocycles. The molecule has 280 valence electrons. The molecule has 1 aromatic carbocycles. The lowest BCUT2D eigenvalue weighted by atomic mass is 9.97. The molecule has 3 N–H and O–H groups in total. The molecule has 0 heterocycles. The average Bonchev–Trinajstić information content (AvgIpc) is 3.04. The molecule has 0 spiro atoms. The van der Waals surface area contributed by atoms with Crippen molar-refractivity contribution in [3.8, 4) is 0 Å². The zero-order valence-electron chi connectivity index (χ0n) is 30.7. The Morgan fingerprint density at radius 1 is 0.918 bits per heavy atom. The van der Waals surface area contributed by atoms with Crippen LogP contribution >= 0.6 is 15.0 Å². The number of carbonyl (C=O) groups excluding carboxylic acids is 3. The minimum absolute atomic E-state index is 0.0233. The van der Waals surface area contributed by atoms with E-state index >= 15 is 0 Å². The summed E-state index contributed by atoms with van der Waals surface area (Å²) in [4.78, 5) is 38.9. The van der Waals surface area contributed by atoms with E-state index in [0.29, 0.717) is 25.8 Å². The molecule has 0 aliphatic rings. The largest absolute Gasteiger partial charge is 0.445 e. The first kappa shape index (κ1) is 44.3. The fourth-order valence-electron chi connectivity index (χ4n) is 4.79. The first-order valence-electron chi connectivity index (χ1n) is 17.0. The monoisotopic (exact) mass is 731 g/mol. The maximum absolute atomic E-state index is 13.5. The number of hydrogen-bond acceptors (Lipinski definition) is 11. The normalized spacial score (nSPS) is 15.6. The predicted octanol–water partition coefficient (Wildman–Crippen LogP) is 6.17. The topological polar surface area (TPSA) is 174 Å². The summed E-state index contributed by atoms with van der Waals surface area (Å²) < 4.78 is 48.3. The van der Waals surface area contributed by atoms with Gasteiger partial charge in [0.25, 0.3) is 0 Å². The van der Waals surface area contributed by atoms with Crippen molar-refractivity contribution in [3.63, 3.8) is 0 Å². The fraction of sp³-hybridized carbons (Fsp3) is 0.697. The number of carbonyl (C=O) groups is 3. The maximum atomic E-state index is 13.5. The highest BCUT2D eigenvalue weighted by atomic mass is 31.2. The van der Waals surface area contributed by atoms with Crippen LogP contribution in [0.2, 0.25) is 0 Å². The second-order valence-corrected chi connectivity index (χ2v) is 17.3. The predicted molar refractivity (Wildman–Crippen MR) is 193 cm³/mol. The molecule has 49 heavy (non-hydrogen) atoms. The minimum Gasteiger partial charge on any atom is -0.445 e. The van der Waals surface area contributed by atoms with Gasteiger partial charge < -0.3 is 39.3 Å². The Bertz CT molecular complexity index is 1260. The molecule has 1 rings (SSSR count). The van der Waals surface area contributed by atoms with Crippen LogP contribution in [0.15, 0.2) is 35.4 Å². The van der Waals surface area contributed by atoms with Crippen LogP contribution in [0, 0.1) is 11.8 Å². The fourth-order valence-corrected chi connectivity index (χ4v) is 9.85. The van der Waals surface area contributed by atoms with Gasteiger partial charge in [0.15, 0.2) is 0 Å². The SMILES string of the molecule is CCOP(C)(=O)C(NC(=O)CCCN(C)/N=C/C(CC(C)C)NC(=O)[C@@H](NC(=O)OCc1ccccc1)[C@@H](C)CC)P(=O)(OCC)OCC. The highest BCUT2D eigenvalue weighted by Crippen LogP contribution is 2.67. The molecule has 0 bridgehead atoms. The Hall–Kier alpha value is -2.76. The van der Waals surface area contributed by atoms with E-state index in [4.69, 9.17) is 18.3 Å². The van der Waals surface area contributed by atoms with Gasteiger partial charge >= 0.3 is 13.7 Å². The highest BCUT2D eigenvalue weighted by molar-refractivity contribution is 7.74. The Kier molecular flexibility index (Phi) is 20.6. The molecule has 16 heteroatoms. The number of benzene rings is 1. The van der Waals surface area contributed by atoms with Crippen molar-refractivity contribution in [2.24, 2.45) is 16.9 Å². The molecule has 0 saturated heterocycles. The lowest BCUT2D eigenvalue weighted by Crippen LogP contribution is -2.53. The second kappa shape index (κ2) is 22.9. The second-order valence-electron chi connectivity index (χ2n) is 12.2. The molecule has 0 aliphatic heterocycles. The van der Waals surface area contributed by atoms with Crippen molar-refractivity contribution >= 4 is 39.1 Å². The van der Waals surface area contributed by atoms with Gasteiger partial charge in [0.1, 0.15) is 12.6 Å². The van der Waals surface area contributed by atoms with Crippen LogP contribution in [0.4, 0.5) is 4.79 Å². The van der Waals surface area contributed by atoms with Crippen molar-refractivity contribution < 1.29 is 41.8 Å². The van der Waals surface area contributed by atoms with Crippen molar-refractivity contribution in [1.29, 1.82) is 0 Å². The number of hydrogen-bond donors (Lipinski definition) is 3. The first-order chi connectivity index (χ1) is 23.1. The molecule has 14 nitrogen and oxygen atoms in total. The molecular weight excluding hydrogens is 672 g/mol. The molecule has 3 amide bonds. The number of amides is 3. The Labute approximate surface area is 292 Å². The van der Waals surface area contributed by atoms with Crippen LogP contribution < -0.4 is 16.0 Å². The van der Waals surface area contributed by atoms with Gasteiger partial charge in [-0.15, -0.1) is 0 Å². The molecule has 1 aromatic rings. The van der Waals surface area contributed by atoms with E-state index < -0.39 is 44.6 Å². The van der Waals surface area contributed by atoms with E-state index in [9.17, 15) is 23.5 Å². The lowest BCUT2D eigenvalue weighted by molar-refractivity contribution is -0.124. The van der Waals surface area contributed by atoms with Gasteiger partial charge in [0, 0.05) is 32.9 Å². The van der Waals surface area contributed by atoms with Crippen LogP contribution in [0.5, 0.6) is 0 Å². The van der Waals surface area contributed by atoms with Crippen molar-refractivity contribution in [3.05, 3.63) is 35.9 Å². The van der Waals surface area contributed by atoms with Crippen molar-refractivity contribution in [2.45, 2.75) is 98.4 Å². The third kappa shape index (κ3) is 16.7. The van der Waals surface area contributed by atoms with Crippen molar-refractivity contribution in [2.75, 3.05) is 40.1 Å². The summed E-state index contributed by atoms with van der Waals surface area (Å²) in [5.74, 6) is -0.742. The Balaban J connectivity index is 2.86. The third-order valence-corrected chi connectivity index (χ3v) is 13.3. The molecule has 0 aromatic heterocycles. The number of alkyl carbamates (subject to hydrolysis) is 1. The molecule has 5 atom stereocenters. The van der Waals surface area contributed by atoms with Gasteiger partial charge in [0.2, 0.25) is 24.7 Å². The highest BCUT2D eigenvalue weighted by Gasteiger charge is 2.47. The van der Waals surface area contributed by atoms with E-state index in [2.05, 4.69) is 21.1 Å². The maximum Gasteiger partial charge on any atom is 0.408 e. The van der Waals surface area contributed by atoms with E-state index in [-0.39, 0.29) is 50.6 Å². The van der Waals surface area contributed by atoms with Gasteiger partial charge in [0.05, 0.1) is 25.9 Å². The molecule has 0 aliphatic carbocycles. The minimum atomic E-state index is -3.99. The average molecular weight is 732 g/mol. The summed E-state index contributed by atoms with van der Waals surface area (Å²) in [6.45, 7) is 14.7. The van der Waals surface area contributed by atoms with E-state index in [0.717, 1.165) is 5.56 Å². The summed E-state index contributed by atoms with van der Waals surface area (Å²) in [6.07, 6.45) is 2.63. The van der Waals surface area contributed by atoms with Crippen LogP contribution in [-0.4, -0.2) is 86.8 Å². The quantitative estimate of drug-likeness (QED) is 0.0634. The molecule has 3 unspecified atom stereocenters. The Morgan fingerprint density at radius 3 is 2.08 bits per heavy atom. The van der Waals surface area contributed by atoms with Crippen LogP contribution in [0.25, 0.3) is 0 Å². The number of nitrogens with zero attached hydrogens (tertiary/aromatic N) is 2. The summed E-state index contributed by atoms with van der Waals surface area (Å²) in [7, 11) is -5.87. The van der Waals surface area contributed by atoms with E-state index in [1.165, 1.54) is 6.66 Å². The Morgan fingerprint density at radius 2 is 1.53 bits per heavy atom. The molecule has 0 radical (unpaired) electrons. The summed E-state index contributed by atoms with van der Waals surface area (Å²) in [5, 5.41) is 14.5. The van der Waals surface area contributed by atoms with Crippen LogP contribution in [0.3, 0.4) is 0 Å². The molecule has 0 fully saturated rings. The van der Waals surface area contributed by atoms with Gasteiger partial charge in [-0.3, -0.25) is 18.7 Å². The zero-order chi connectivity index (χ0) is 37.0. The number of nitrogens with one attached hydrogen (secondary N) is 3. The van der Waals surface area contributed by atoms with E-state index in [1.807, 2.05) is 58.0 Å². The zero-order valence-corrected chi connectivity index (χ0v) is 32.5. The summed E-state index contributed by atoms with van der Waals surface area (Å²) in [5.41, 5.74) is -0.602. The van der Waals surface area contributed by atoms with Crippen molar-refractivity contribution in [1.82, 2.24) is 21.0 Å². The number of hydrazone groups is 1. The number of rotatable bonds is 24. The molecular formula is C33H59N5O9P2. The van der Waals surface area contributed by atoms with Gasteiger partial charge in [-0.25, -0.2) is 4.79 Å². The van der Waals surface area contributed by atoms with Crippen LogP contribution in [0.1, 0.15) is 79.7 Å². The summed E-state index contributed by atoms with van der Waals surface area (Å²) in [6, 6.07) is 8.06. The third-order valence-electron chi connectivity index (χ3n) is 7.40. The van der Waals surface area contributed by atoms with Gasteiger partial charge in [-0.1, -0.05) is 64.4 Å². The van der Waals surface area contributed by atoms with E-state index in [1.54, 1.807) is 39.0 Å². The smallest absolute Gasteiger partial charge is 0.408 e. The van der Waals surface area contributed by atoms with Crippen LogP contribution in [-0.2, 0) is 43.6 Å². The van der Waals surface area contributed by atoms with Gasteiger partial charge in [-0.05, 0) is 51.0 Å². The standard InChI is InChI=1S/C33H59N5O9P2/c1-10-26(7)30(37-32(41)44-24-27-18-15-14-16-19-27)31(40)35-28(22-25(5)6)23-34-38(8)21-17-20-29(39)36-33(48(9,42)45-11-2)49(43,46-12-3)47-13-4/h14-16,18-19,23,25-26,28,30,33H,10-13,17,20-22,24H2,1-9H3,(H,35,40)(H,36,39)(H,37,41)/b34-23+/t26-,28?,30-,33?,48?/m0/s1. The number of ether oxygens (including phenoxy) is 1. The van der Waals surface area contributed by atoms with Gasteiger partial charge in [-0.2, -0.15) is 5.10 Å². The first-order valence-corrected chi connectivity index (χ1v) is 20.8. The summed E-state index contributed by atoms with van der Waals surface area (Å²) >= 11 is 0. The lowest BCUT2D eigenvalue weighted by Gasteiger charge is -2.30.